The van der Waals surface area contributed by atoms with Crippen LogP contribution in [0.15, 0.2) is 48.5 Å². The van der Waals surface area contributed by atoms with Crippen LogP contribution in [0.1, 0.15) is 10.6 Å². The Morgan fingerprint density at radius 3 is 2.68 bits per heavy atom. The van der Waals surface area contributed by atoms with Crippen molar-refractivity contribution in [3.05, 3.63) is 64.1 Å². The first-order valence-electron chi connectivity index (χ1n) is 7.53. The number of nitrogens with zero attached hydrogens (tertiary/aromatic N) is 4. The van der Waals surface area contributed by atoms with Crippen LogP contribution in [0.25, 0.3) is 28.5 Å². The molecule has 0 aliphatic rings. The number of methoxy groups -OCH3 is 1. The Labute approximate surface area is 153 Å². The molecule has 0 radical (unpaired) electrons. The molecule has 0 amide bonds. The zero-order valence-corrected chi connectivity index (χ0v) is 14.8. The van der Waals surface area contributed by atoms with Crippen molar-refractivity contribution in [2.45, 2.75) is 0 Å². The SMILES string of the molecule is COc1ccc(C=Cc2nn3c(-c4cccc(Cl)c4)nnc3s2)cc1. The van der Waals surface area contributed by atoms with Gasteiger partial charge in [0.25, 0.3) is 0 Å². The summed E-state index contributed by atoms with van der Waals surface area (Å²) in [5.74, 6) is 1.51. The van der Waals surface area contributed by atoms with E-state index in [1.54, 1.807) is 11.6 Å². The van der Waals surface area contributed by atoms with Gasteiger partial charge in [-0.15, -0.1) is 10.2 Å². The molecule has 0 atom stereocenters. The van der Waals surface area contributed by atoms with Crippen LogP contribution >= 0.6 is 22.9 Å². The average molecular weight is 369 g/mol. The largest absolute Gasteiger partial charge is 0.497 e. The smallest absolute Gasteiger partial charge is 0.235 e. The van der Waals surface area contributed by atoms with Crippen LogP contribution in [0.2, 0.25) is 5.02 Å². The fraction of sp³-hybridized carbons (Fsp3) is 0.0556. The highest BCUT2D eigenvalue weighted by Crippen LogP contribution is 2.24. The summed E-state index contributed by atoms with van der Waals surface area (Å²) in [4.78, 5) is 0.740. The fourth-order valence-electron chi connectivity index (χ4n) is 2.39. The molecule has 2 heterocycles. The van der Waals surface area contributed by atoms with Gasteiger partial charge in [0.05, 0.1) is 7.11 Å². The number of halogens is 1. The monoisotopic (exact) mass is 368 g/mol. The highest BCUT2D eigenvalue weighted by molar-refractivity contribution is 7.17. The van der Waals surface area contributed by atoms with Crippen LogP contribution in [0.5, 0.6) is 5.75 Å². The molecule has 2 aromatic carbocycles. The summed E-state index contributed by atoms with van der Waals surface area (Å²) < 4.78 is 6.90. The molecule has 7 heteroatoms. The molecular formula is C18H13ClN4OS. The van der Waals surface area contributed by atoms with Gasteiger partial charge >= 0.3 is 0 Å². The van der Waals surface area contributed by atoms with Gasteiger partial charge in [-0.3, -0.25) is 0 Å². The molecule has 124 valence electrons. The lowest BCUT2D eigenvalue weighted by Crippen LogP contribution is -1.90. The molecule has 5 nitrogen and oxygen atoms in total. The molecule has 4 aromatic rings. The molecule has 0 unspecified atom stereocenters. The lowest BCUT2D eigenvalue weighted by Gasteiger charge is -1.98. The first-order valence-corrected chi connectivity index (χ1v) is 8.73. The standard InChI is InChI=1S/C18H13ClN4OS/c1-24-15-8-5-12(6-9-15)7-10-16-22-23-17(20-21-18(23)25-16)13-3-2-4-14(19)11-13/h2-11H,1H3. The maximum atomic E-state index is 6.06. The number of hydrogen-bond donors (Lipinski definition) is 0. The fourth-order valence-corrected chi connectivity index (χ4v) is 3.32. The van der Waals surface area contributed by atoms with Crippen LogP contribution < -0.4 is 4.74 Å². The van der Waals surface area contributed by atoms with Crippen molar-refractivity contribution >= 4 is 40.1 Å². The lowest BCUT2D eigenvalue weighted by molar-refractivity contribution is 0.415. The number of aromatic nitrogens is 4. The van der Waals surface area contributed by atoms with Gasteiger partial charge in [-0.25, -0.2) is 0 Å². The van der Waals surface area contributed by atoms with E-state index >= 15 is 0 Å². The van der Waals surface area contributed by atoms with Gasteiger partial charge in [0.2, 0.25) is 4.96 Å². The Bertz CT molecular complexity index is 1050. The van der Waals surface area contributed by atoms with Gasteiger partial charge in [0.15, 0.2) is 5.82 Å². The minimum Gasteiger partial charge on any atom is -0.497 e. The van der Waals surface area contributed by atoms with Crippen molar-refractivity contribution in [2.24, 2.45) is 0 Å². The van der Waals surface area contributed by atoms with E-state index in [9.17, 15) is 0 Å². The Balaban J connectivity index is 1.64. The maximum absolute atomic E-state index is 6.06. The van der Waals surface area contributed by atoms with Crippen LogP contribution in [0, 0.1) is 0 Å². The molecule has 0 saturated carbocycles. The van der Waals surface area contributed by atoms with Crippen LogP contribution in [0.4, 0.5) is 0 Å². The highest BCUT2D eigenvalue weighted by atomic mass is 35.5. The Morgan fingerprint density at radius 1 is 1.08 bits per heavy atom. The number of rotatable bonds is 4. The Morgan fingerprint density at radius 2 is 1.92 bits per heavy atom. The molecule has 0 saturated heterocycles. The van der Waals surface area contributed by atoms with E-state index < -0.39 is 0 Å². The van der Waals surface area contributed by atoms with Crippen molar-refractivity contribution in [2.75, 3.05) is 7.11 Å². The van der Waals surface area contributed by atoms with E-state index in [-0.39, 0.29) is 0 Å². The molecule has 2 aromatic heterocycles. The first kappa shape index (κ1) is 15.8. The molecule has 0 aliphatic carbocycles. The van der Waals surface area contributed by atoms with Crippen molar-refractivity contribution in [3.63, 3.8) is 0 Å². The minimum absolute atomic E-state index is 0.657. The van der Waals surface area contributed by atoms with Crippen molar-refractivity contribution in [3.8, 4) is 17.1 Å². The van der Waals surface area contributed by atoms with Gasteiger partial charge in [0, 0.05) is 10.6 Å². The molecule has 0 fully saturated rings. The van der Waals surface area contributed by atoms with Gasteiger partial charge in [-0.05, 0) is 35.9 Å². The highest BCUT2D eigenvalue weighted by Gasteiger charge is 2.12. The normalized spacial score (nSPS) is 11.4. The van der Waals surface area contributed by atoms with E-state index in [0.717, 1.165) is 26.8 Å². The molecule has 4 rings (SSSR count). The number of fused-ring (bicyclic) bond motifs is 1. The Hall–Kier alpha value is -2.70. The zero-order chi connectivity index (χ0) is 17.2. The number of hydrogen-bond acceptors (Lipinski definition) is 5. The predicted molar refractivity (Wildman–Crippen MR) is 101 cm³/mol. The van der Waals surface area contributed by atoms with Crippen LogP contribution in [-0.2, 0) is 0 Å². The van der Waals surface area contributed by atoms with Gasteiger partial charge in [-0.1, -0.05) is 53.3 Å². The maximum Gasteiger partial charge on any atom is 0.235 e. The molecule has 0 bridgehead atoms. The third-order valence-electron chi connectivity index (χ3n) is 3.62. The lowest BCUT2D eigenvalue weighted by atomic mass is 10.2. The van der Waals surface area contributed by atoms with E-state index in [2.05, 4.69) is 15.3 Å². The zero-order valence-electron chi connectivity index (χ0n) is 13.3. The molecule has 25 heavy (non-hydrogen) atoms. The van der Waals surface area contributed by atoms with Crippen LogP contribution in [0.3, 0.4) is 0 Å². The Kier molecular flexibility index (Phi) is 4.21. The van der Waals surface area contributed by atoms with E-state index in [0.29, 0.717) is 10.8 Å². The van der Waals surface area contributed by atoms with Gasteiger partial charge in [-0.2, -0.15) is 9.61 Å². The quantitative estimate of drug-likeness (QED) is 0.524. The topological polar surface area (TPSA) is 52.3 Å². The third-order valence-corrected chi connectivity index (χ3v) is 4.72. The van der Waals surface area contributed by atoms with E-state index in [4.69, 9.17) is 16.3 Å². The predicted octanol–water partition coefficient (Wildman–Crippen LogP) is 4.69. The second-order valence-corrected chi connectivity index (χ2v) is 6.70. The summed E-state index contributed by atoms with van der Waals surface area (Å²) in [5, 5.41) is 14.5. The summed E-state index contributed by atoms with van der Waals surface area (Å²) in [7, 11) is 1.65. The van der Waals surface area contributed by atoms with E-state index in [1.807, 2.05) is 60.7 Å². The van der Waals surface area contributed by atoms with E-state index in [1.165, 1.54) is 11.3 Å². The minimum atomic E-state index is 0.657. The molecule has 0 N–H and O–H groups in total. The number of benzene rings is 2. The summed E-state index contributed by atoms with van der Waals surface area (Å²) in [6, 6.07) is 15.3. The van der Waals surface area contributed by atoms with Crippen molar-refractivity contribution < 1.29 is 4.74 Å². The van der Waals surface area contributed by atoms with Crippen molar-refractivity contribution in [1.82, 2.24) is 19.8 Å². The van der Waals surface area contributed by atoms with Gasteiger partial charge < -0.3 is 4.74 Å². The molecular weight excluding hydrogens is 356 g/mol. The summed E-state index contributed by atoms with van der Waals surface area (Å²) in [6.07, 6.45) is 3.97. The summed E-state index contributed by atoms with van der Waals surface area (Å²) >= 11 is 7.54. The molecule has 0 spiro atoms. The average Bonchev–Trinajstić information content (AvgIpc) is 3.20. The first-order chi connectivity index (χ1) is 12.2. The second kappa shape index (κ2) is 6.66. The van der Waals surface area contributed by atoms with Crippen LogP contribution in [-0.4, -0.2) is 26.9 Å². The number of ether oxygens (including phenoxy) is 1. The van der Waals surface area contributed by atoms with Gasteiger partial charge in [0.1, 0.15) is 10.8 Å². The third kappa shape index (κ3) is 3.26. The van der Waals surface area contributed by atoms with Crippen molar-refractivity contribution in [1.29, 1.82) is 0 Å². The second-order valence-electron chi connectivity index (χ2n) is 5.28. The summed E-state index contributed by atoms with van der Waals surface area (Å²) in [5.41, 5.74) is 1.96. The molecule has 0 aliphatic heterocycles. The summed E-state index contributed by atoms with van der Waals surface area (Å²) in [6.45, 7) is 0.